The molecule has 152 valence electrons. The minimum Gasteiger partial charge on any atom is -0.507 e. The summed E-state index contributed by atoms with van der Waals surface area (Å²) in [5, 5.41) is 11.8. The van der Waals surface area contributed by atoms with Crippen LogP contribution in [0.3, 0.4) is 0 Å². The first-order valence-electron chi connectivity index (χ1n) is 9.52. The Hall–Kier alpha value is -3.48. The molecule has 1 aromatic heterocycles. The van der Waals surface area contributed by atoms with Crippen LogP contribution in [-0.2, 0) is 9.59 Å². The van der Waals surface area contributed by atoms with Crippen molar-refractivity contribution in [3.63, 3.8) is 0 Å². The van der Waals surface area contributed by atoms with Gasteiger partial charge in [0.15, 0.2) is 5.13 Å². The number of aliphatic hydroxyl groups excluding tert-OH is 1. The summed E-state index contributed by atoms with van der Waals surface area (Å²) >= 11 is 7.79. The molecular formula is C24H15ClN2O3S. The number of thiazole rings is 1. The van der Waals surface area contributed by atoms with Gasteiger partial charge in [-0.05, 0) is 23.8 Å². The number of fused-ring (bicyclic) bond motifs is 1. The topological polar surface area (TPSA) is 70.5 Å². The van der Waals surface area contributed by atoms with Crippen LogP contribution in [0, 0.1) is 0 Å². The molecule has 1 amide bonds. The monoisotopic (exact) mass is 446 g/mol. The van der Waals surface area contributed by atoms with E-state index in [1.54, 1.807) is 48.5 Å². The second kappa shape index (κ2) is 7.65. The number of Topliss-reactive ketones (excluding diaryl/α,β-unsaturated/α-hetero) is 1. The molecule has 0 bridgehead atoms. The van der Waals surface area contributed by atoms with Crippen LogP contribution in [-0.4, -0.2) is 21.8 Å². The summed E-state index contributed by atoms with van der Waals surface area (Å²) in [4.78, 5) is 32.2. The highest BCUT2D eigenvalue weighted by molar-refractivity contribution is 7.22. The lowest BCUT2D eigenvalue weighted by Crippen LogP contribution is -2.29. The zero-order valence-electron chi connectivity index (χ0n) is 16.0. The highest BCUT2D eigenvalue weighted by Gasteiger charge is 2.48. The highest BCUT2D eigenvalue weighted by atomic mass is 35.5. The molecular weight excluding hydrogens is 432 g/mol. The van der Waals surface area contributed by atoms with Gasteiger partial charge in [0.1, 0.15) is 5.76 Å². The number of rotatable bonds is 3. The van der Waals surface area contributed by atoms with Gasteiger partial charge in [0, 0.05) is 10.6 Å². The highest BCUT2D eigenvalue weighted by Crippen LogP contribution is 2.45. The molecule has 2 heterocycles. The molecule has 1 fully saturated rings. The van der Waals surface area contributed by atoms with Crippen molar-refractivity contribution in [3.05, 3.63) is 101 Å². The number of ketones is 1. The molecule has 1 aliphatic rings. The van der Waals surface area contributed by atoms with E-state index in [-0.39, 0.29) is 11.3 Å². The molecule has 5 rings (SSSR count). The fourth-order valence-corrected chi connectivity index (χ4v) is 4.97. The molecule has 31 heavy (non-hydrogen) atoms. The molecule has 1 saturated heterocycles. The molecule has 1 unspecified atom stereocenters. The number of carbonyl (C=O) groups excluding carboxylic acids is 2. The van der Waals surface area contributed by atoms with Crippen molar-refractivity contribution < 1.29 is 14.7 Å². The second-order valence-corrected chi connectivity index (χ2v) is 8.44. The summed E-state index contributed by atoms with van der Waals surface area (Å²) in [6, 6.07) is 22.3. The number of aliphatic hydroxyl groups is 1. The first-order valence-corrected chi connectivity index (χ1v) is 10.7. The zero-order chi connectivity index (χ0) is 21.5. The van der Waals surface area contributed by atoms with Gasteiger partial charge >= 0.3 is 5.91 Å². The van der Waals surface area contributed by atoms with Gasteiger partial charge in [-0.3, -0.25) is 14.5 Å². The van der Waals surface area contributed by atoms with Gasteiger partial charge < -0.3 is 5.11 Å². The van der Waals surface area contributed by atoms with Crippen molar-refractivity contribution in [2.45, 2.75) is 6.04 Å². The van der Waals surface area contributed by atoms with Crippen LogP contribution in [0.4, 0.5) is 5.13 Å². The van der Waals surface area contributed by atoms with Gasteiger partial charge in [0.2, 0.25) is 0 Å². The lowest BCUT2D eigenvalue weighted by molar-refractivity contribution is -0.132. The number of amides is 1. The molecule has 5 nitrogen and oxygen atoms in total. The standard InChI is InChI=1S/C24H15ClN2O3S/c25-16-11-5-4-10-15(16)20-19(21(28)14-8-2-1-3-9-14)22(29)23(30)27(20)24-26-17-12-6-7-13-18(17)31-24/h1-13,20,28H. The Morgan fingerprint density at radius 3 is 2.35 bits per heavy atom. The number of benzene rings is 3. The predicted octanol–water partition coefficient (Wildman–Crippen LogP) is 5.58. The number of anilines is 1. The minimum absolute atomic E-state index is 0.0106. The van der Waals surface area contributed by atoms with E-state index in [0.717, 1.165) is 10.2 Å². The van der Waals surface area contributed by atoms with Gasteiger partial charge in [-0.2, -0.15) is 0 Å². The zero-order valence-corrected chi connectivity index (χ0v) is 17.6. The fourth-order valence-electron chi connectivity index (χ4n) is 3.74. The maximum absolute atomic E-state index is 13.2. The van der Waals surface area contributed by atoms with E-state index in [1.165, 1.54) is 16.2 Å². The van der Waals surface area contributed by atoms with Crippen LogP contribution in [0.25, 0.3) is 16.0 Å². The molecule has 0 saturated carbocycles. The minimum atomic E-state index is -0.894. The van der Waals surface area contributed by atoms with Gasteiger partial charge in [0.25, 0.3) is 5.78 Å². The third kappa shape index (κ3) is 3.21. The number of hydrogen-bond acceptors (Lipinski definition) is 5. The van der Waals surface area contributed by atoms with Crippen LogP contribution in [0.15, 0.2) is 84.4 Å². The predicted molar refractivity (Wildman–Crippen MR) is 122 cm³/mol. The quantitative estimate of drug-likeness (QED) is 0.253. The van der Waals surface area contributed by atoms with Gasteiger partial charge in [-0.15, -0.1) is 0 Å². The Labute approximate surface area is 186 Å². The number of halogens is 1. The summed E-state index contributed by atoms with van der Waals surface area (Å²) in [6.45, 7) is 0. The molecule has 0 aliphatic carbocycles. The average molecular weight is 447 g/mol. The Bertz CT molecular complexity index is 1330. The lowest BCUT2D eigenvalue weighted by Gasteiger charge is -2.23. The van der Waals surface area contributed by atoms with E-state index in [0.29, 0.717) is 21.3 Å². The van der Waals surface area contributed by atoms with Crippen molar-refractivity contribution in [3.8, 4) is 0 Å². The third-order valence-electron chi connectivity index (χ3n) is 5.18. The maximum Gasteiger partial charge on any atom is 0.301 e. The smallest absolute Gasteiger partial charge is 0.301 e. The Morgan fingerprint density at radius 1 is 0.935 bits per heavy atom. The van der Waals surface area contributed by atoms with Crippen molar-refractivity contribution in [1.82, 2.24) is 4.98 Å². The normalized spacial score (nSPS) is 18.1. The Kier molecular flexibility index (Phi) is 4.81. The molecule has 1 atom stereocenters. The van der Waals surface area contributed by atoms with Crippen LogP contribution in [0.5, 0.6) is 0 Å². The van der Waals surface area contributed by atoms with Gasteiger partial charge in [-0.1, -0.05) is 83.6 Å². The third-order valence-corrected chi connectivity index (χ3v) is 6.56. The van der Waals surface area contributed by atoms with Crippen molar-refractivity contribution in [2.24, 2.45) is 0 Å². The van der Waals surface area contributed by atoms with E-state index >= 15 is 0 Å². The molecule has 0 radical (unpaired) electrons. The first-order chi connectivity index (χ1) is 15.1. The lowest BCUT2D eigenvalue weighted by atomic mass is 9.95. The summed E-state index contributed by atoms with van der Waals surface area (Å²) in [5.41, 5.74) is 1.70. The second-order valence-electron chi connectivity index (χ2n) is 7.02. The van der Waals surface area contributed by atoms with E-state index in [4.69, 9.17) is 11.6 Å². The summed E-state index contributed by atoms with van der Waals surface area (Å²) in [5.74, 6) is -1.76. The molecule has 4 aromatic rings. The van der Waals surface area contributed by atoms with Gasteiger partial charge in [0.05, 0.1) is 21.8 Å². The molecule has 1 N–H and O–H groups in total. The number of nitrogens with zero attached hydrogens (tertiary/aromatic N) is 2. The summed E-state index contributed by atoms with van der Waals surface area (Å²) < 4.78 is 0.889. The largest absolute Gasteiger partial charge is 0.507 e. The summed E-state index contributed by atoms with van der Waals surface area (Å²) in [6.07, 6.45) is 0. The summed E-state index contributed by atoms with van der Waals surface area (Å²) in [7, 11) is 0. The van der Waals surface area contributed by atoms with Crippen molar-refractivity contribution in [2.75, 3.05) is 4.90 Å². The van der Waals surface area contributed by atoms with E-state index in [9.17, 15) is 14.7 Å². The van der Waals surface area contributed by atoms with Crippen LogP contribution < -0.4 is 4.90 Å². The van der Waals surface area contributed by atoms with Crippen LogP contribution in [0.1, 0.15) is 17.2 Å². The molecule has 3 aromatic carbocycles. The van der Waals surface area contributed by atoms with Crippen molar-refractivity contribution in [1.29, 1.82) is 0 Å². The Morgan fingerprint density at radius 2 is 1.61 bits per heavy atom. The first kappa shape index (κ1) is 19.5. The average Bonchev–Trinajstić information content (AvgIpc) is 3.33. The number of para-hydroxylation sites is 1. The number of aromatic nitrogens is 1. The molecule has 7 heteroatoms. The fraction of sp³-hybridized carbons (Fsp3) is 0.0417. The van der Waals surface area contributed by atoms with Crippen molar-refractivity contribution >= 4 is 55.7 Å². The molecule has 0 spiro atoms. The number of carbonyl (C=O) groups is 2. The van der Waals surface area contributed by atoms with E-state index in [1.807, 2.05) is 30.3 Å². The SMILES string of the molecule is O=C1C(=O)N(c2nc3ccccc3s2)C(c2ccccc2Cl)C1=C(O)c1ccccc1. The Balaban J connectivity index is 1.77. The maximum atomic E-state index is 13.2. The number of hydrogen-bond donors (Lipinski definition) is 1. The van der Waals surface area contributed by atoms with E-state index in [2.05, 4.69) is 4.98 Å². The van der Waals surface area contributed by atoms with Crippen LogP contribution >= 0.6 is 22.9 Å². The van der Waals surface area contributed by atoms with Crippen LogP contribution in [0.2, 0.25) is 5.02 Å². The molecule has 1 aliphatic heterocycles. The van der Waals surface area contributed by atoms with E-state index < -0.39 is 17.7 Å². The van der Waals surface area contributed by atoms with Gasteiger partial charge in [-0.25, -0.2) is 4.98 Å².